The molecule has 1 unspecified atom stereocenters. The van der Waals surface area contributed by atoms with E-state index in [9.17, 15) is 10.1 Å². The molecule has 2 N–H and O–H groups in total. The zero-order valence-electron chi connectivity index (χ0n) is 13.1. The summed E-state index contributed by atoms with van der Waals surface area (Å²) in [4.78, 5) is 10.7. The van der Waals surface area contributed by atoms with Crippen LogP contribution in [0.15, 0.2) is 53.2 Å². The molecule has 0 saturated heterocycles. The SMILES string of the molecule is COC1=CC(N)/C(=C/c2ccccc2[N+](=O)[O-])C(OC)=C1OC. The zero-order chi connectivity index (χ0) is 17.0. The molecule has 2 rings (SSSR count). The van der Waals surface area contributed by atoms with Gasteiger partial charge in [0.05, 0.1) is 37.9 Å². The smallest absolute Gasteiger partial charge is 0.276 e. The van der Waals surface area contributed by atoms with E-state index in [4.69, 9.17) is 19.9 Å². The number of ether oxygens (including phenoxy) is 3. The molecule has 1 aliphatic rings. The molecule has 0 spiro atoms. The van der Waals surface area contributed by atoms with Crippen molar-refractivity contribution in [3.05, 3.63) is 68.9 Å². The molecule has 0 fully saturated rings. The third-order valence-electron chi connectivity index (χ3n) is 3.45. The highest BCUT2D eigenvalue weighted by atomic mass is 16.6. The van der Waals surface area contributed by atoms with Crippen molar-refractivity contribution in [3.63, 3.8) is 0 Å². The van der Waals surface area contributed by atoms with Crippen LogP contribution in [0.1, 0.15) is 5.56 Å². The van der Waals surface area contributed by atoms with E-state index in [1.165, 1.54) is 27.4 Å². The number of hydrogen-bond donors (Lipinski definition) is 1. The van der Waals surface area contributed by atoms with Crippen LogP contribution >= 0.6 is 0 Å². The number of nitro benzene ring substituents is 1. The Morgan fingerprint density at radius 3 is 2.35 bits per heavy atom. The summed E-state index contributed by atoms with van der Waals surface area (Å²) in [5.41, 5.74) is 7.13. The molecule has 1 atom stereocenters. The molecule has 122 valence electrons. The summed E-state index contributed by atoms with van der Waals surface area (Å²) in [6.07, 6.45) is 3.30. The van der Waals surface area contributed by atoms with E-state index in [0.29, 0.717) is 28.4 Å². The summed E-state index contributed by atoms with van der Waals surface area (Å²) >= 11 is 0. The highest BCUT2D eigenvalue weighted by molar-refractivity contribution is 5.68. The van der Waals surface area contributed by atoms with Gasteiger partial charge in [0.1, 0.15) is 0 Å². The first kappa shape index (κ1) is 16.6. The fourth-order valence-electron chi connectivity index (χ4n) is 2.39. The highest BCUT2D eigenvalue weighted by Crippen LogP contribution is 2.33. The monoisotopic (exact) mass is 318 g/mol. The largest absolute Gasteiger partial charge is 0.493 e. The lowest BCUT2D eigenvalue weighted by Crippen LogP contribution is -2.27. The van der Waals surface area contributed by atoms with Gasteiger partial charge in [-0.3, -0.25) is 10.1 Å². The summed E-state index contributed by atoms with van der Waals surface area (Å²) in [6.45, 7) is 0. The predicted octanol–water partition coefficient (Wildman–Crippen LogP) is 2.35. The lowest BCUT2D eigenvalue weighted by atomic mass is 9.95. The van der Waals surface area contributed by atoms with E-state index < -0.39 is 11.0 Å². The lowest BCUT2D eigenvalue weighted by molar-refractivity contribution is -0.385. The molecular formula is C16H18N2O5. The van der Waals surface area contributed by atoms with Crippen LogP contribution in [0.2, 0.25) is 0 Å². The van der Waals surface area contributed by atoms with E-state index in [1.807, 2.05) is 0 Å². The van der Waals surface area contributed by atoms with Gasteiger partial charge in [-0.15, -0.1) is 0 Å². The third kappa shape index (κ3) is 3.19. The Morgan fingerprint density at radius 1 is 1.13 bits per heavy atom. The molecule has 1 aromatic carbocycles. The van der Waals surface area contributed by atoms with Gasteiger partial charge in [0.15, 0.2) is 11.5 Å². The maximum absolute atomic E-state index is 11.2. The van der Waals surface area contributed by atoms with Crippen LogP contribution in [0.5, 0.6) is 0 Å². The van der Waals surface area contributed by atoms with Crippen molar-refractivity contribution in [2.45, 2.75) is 6.04 Å². The van der Waals surface area contributed by atoms with Gasteiger partial charge in [0.2, 0.25) is 5.76 Å². The Kier molecular flexibility index (Phi) is 5.02. The molecule has 0 bridgehead atoms. The van der Waals surface area contributed by atoms with Crippen LogP contribution in [0.4, 0.5) is 5.69 Å². The number of rotatable bonds is 5. The standard InChI is InChI=1S/C16H18N2O5/c1-21-14-9-12(17)11(15(22-2)16(14)23-3)8-10-6-4-5-7-13(10)18(19)20/h4-9,12H,17H2,1-3H3/b11-8-. The van der Waals surface area contributed by atoms with Crippen LogP contribution in [-0.2, 0) is 14.2 Å². The summed E-state index contributed by atoms with van der Waals surface area (Å²) in [5.74, 6) is 1.23. The number of hydrogen-bond acceptors (Lipinski definition) is 6. The van der Waals surface area contributed by atoms with E-state index >= 15 is 0 Å². The number of para-hydroxylation sites is 1. The second-order valence-corrected chi connectivity index (χ2v) is 4.74. The molecule has 23 heavy (non-hydrogen) atoms. The Balaban J connectivity index is 2.60. The van der Waals surface area contributed by atoms with Gasteiger partial charge >= 0.3 is 0 Å². The van der Waals surface area contributed by atoms with Gasteiger partial charge in [-0.1, -0.05) is 12.1 Å². The first-order chi connectivity index (χ1) is 11.0. The lowest BCUT2D eigenvalue weighted by Gasteiger charge is -2.25. The number of nitrogens with two attached hydrogens (primary N) is 1. The molecule has 7 nitrogen and oxygen atoms in total. The Bertz CT molecular complexity index is 706. The predicted molar refractivity (Wildman–Crippen MR) is 85.2 cm³/mol. The van der Waals surface area contributed by atoms with Gasteiger partial charge < -0.3 is 19.9 Å². The Hall–Kier alpha value is -2.80. The van der Waals surface area contributed by atoms with Gasteiger partial charge in [-0.2, -0.15) is 0 Å². The Morgan fingerprint density at radius 2 is 1.78 bits per heavy atom. The molecule has 0 aromatic heterocycles. The van der Waals surface area contributed by atoms with Gasteiger partial charge in [0.25, 0.3) is 5.69 Å². The first-order valence-electron chi connectivity index (χ1n) is 6.82. The quantitative estimate of drug-likeness (QED) is 0.661. The molecule has 1 aliphatic carbocycles. The van der Waals surface area contributed by atoms with Crippen LogP contribution < -0.4 is 5.73 Å². The first-order valence-corrected chi connectivity index (χ1v) is 6.82. The number of methoxy groups -OCH3 is 3. The molecule has 0 saturated carbocycles. The summed E-state index contributed by atoms with van der Waals surface area (Å²) < 4.78 is 16.0. The molecule has 0 aliphatic heterocycles. The van der Waals surface area contributed by atoms with Gasteiger partial charge in [-0.25, -0.2) is 0 Å². The van der Waals surface area contributed by atoms with Crippen LogP contribution in [0, 0.1) is 10.1 Å². The van der Waals surface area contributed by atoms with Crippen molar-refractivity contribution in [2.24, 2.45) is 5.73 Å². The van der Waals surface area contributed by atoms with Crippen molar-refractivity contribution in [2.75, 3.05) is 21.3 Å². The van der Waals surface area contributed by atoms with Crippen LogP contribution in [0.3, 0.4) is 0 Å². The Labute approximate surface area is 133 Å². The van der Waals surface area contributed by atoms with Gasteiger partial charge in [0, 0.05) is 11.6 Å². The van der Waals surface area contributed by atoms with E-state index in [-0.39, 0.29) is 5.69 Å². The van der Waals surface area contributed by atoms with Crippen molar-refractivity contribution >= 4 is 11.8 Å². The minimum Gasteiger partial charge on any atom is -0.493 e. The minimum absolute atomic E-state index is 0.0110. The zero-order valence-corrected chi connectivity index (χ0v) is 13.1. The molecular weight excluding hydrogens is 300 g/mol. The maximum atomic E-state index is 11.2. The number of nitrogens with zero attached hydrogens (tertiary/aromatic N) is 1. The second kappa shape index (κ2) is 6.97. The highest BCUT2D eigenvalue weighted by Gasteiger charge is 2.28. The average molecular weight is 318 g/mol. The third-order valence-corrected chi connectivity index (χ3v) is 3.45. The summed E-state index contributed by atoms with van der Waals surface area (Å²) in [5, 5.41) is 11.2. The summed E-state index contributed by atoms with van der Waals surface area (Å²) in [7, 11) is 4.47. The van der Waals surface area contributed by atoms with E-state index in [2.05, 4.69) is 0 Å². The fraction of sp³-hybridized carbons (Fsp3) is 0.250. The topological polar surface area (TPSA) is 96.9 Å². The summed E-state index contributed by atoms with van der Waals surface area (Å²) in [6, 6.07) is 5.87. The van der Waals surface area contributed by atoms with Crippen molar-refractivity contribution < 1.29 is 19.1 Å². The molecule has 7 heteroatoms. The van der Waals surface area contributed by atoms with Crippen molar-refractivity contribution in [1.82, 2.24) is 0 Å². The fourth-order valence-corrected chi connectivity index (χ4v) is 2.39. The molecule has 0 radical (unpaired) electrons. The normalized spacial score (nSPS) is 19.4. The molecule has 0 amide bonds. The average Bonchev–Trinajstić information content (AvgIpc) is 2.56. The van der Waals surface area contributed by atoms with E-state index in [1.54, 1.807) is 30.4 Å². The van der Waals surface area contributed by atoms with Crippen LogP contribution in [-0.4, -0.2) is 32.3 Å². The maximum Gasteiger partial charge on any atom is 0.276 e. The number of benzene rings is 1. The molecule has 0 heterocycles. The van der Waals surface area contributed by atoms with Crippen molar-refractivity contribution in [3.8, 4) is 0 Å². The molecule has 1 aromatic rings. The van der Waals surface area contributed by atoms with Gasteiger partial charge in [-0.05, 0) is 18.2 Å². The number of nitro groups is 1. The van der Waals surface area contributed by atoms with E-state index in [0.717, 1.165) is 0 Å². The second-order valence-electron chi connectivity index (χ2n) is 4.74. The van der Waals surface area contributed by atoms with Crippen LogP contribution in [0.25, 0.3) is 6.08 Å². The minimum atomic E-state index is -0.543. The van der Waals surface area contributed by atoms with Crippen molar-refractivity contribution in [1.29, 1.82) is 0 Å².